The van der Waals surface area contributed by atoms with E-state index >= 15 is 0 Å². The maximum atomic E-state index is 11.6. The first-order valence-electron chi connectivity index (χ1n) is 5.89. The van der Waals surface area contributed by atoms with Crippen LogP contribution in [0.3, 0.4) is 0 Å². The largest absolute Gasteiger partial charge is 0.461 e. The summed E-state index contributed by atoms with van der Waals surface area (Å²) in [5.74, 6) is -0.408. The molecular weight excluding hydrogens is 228 g/mol. The molecule has 2 aromatic rings. The van der Waals surface area contributed by atoms with Crippen molar-refractivity contribution in [3.05, 3.63) is 53.3 Å². The van der Waals surface area contributed by atoms with Gasteiger partial charge in [-0.3, -0.25) is 0 Å². The highest BCUT2D eigenvalue weighted by atomic mass is 16.5. The van der Waals surface area contributed by atoms with E-state index in [2.05, 4.69) is 4.98 Å². The Balaban J connectivity index is 2.18. The minimum absolute atomic E-state index is 0.336. The van der Waals surface area contributed by atoms with E-state index in [4.69, 9.17) is 10.5 Å². The maximum absolute atomic E-state index is 11.6. The van der Waals surface area contributed by atoms with Gasteiger partial charge in [-0.25, -0.2) is 4.79 Å². The molecule has 0 aliphatic carbocycles. The number of hydrogen-bond donors (Lipinski definition) is 2. The molecule has 2 rings (SSSR count). The van der Waals surface area contributed by atoms with E-state index in [1.165, 1.54) is 0 Å². The maximum Gasteiger partial charge on any atom is 0.356 e. The second kappa shape index (κ2) is 5.40. The van der Waals surface area contributed by atoms with Crippen LogP contribution in [0, 0.1) is 0 Å². The second-order valence-electron chi connectivity index (χ2n) is 3.99. The lowest BCUT2D eigenvalue weighted by Crippen LogP contribution is -2.08. The van der Waals surface area contributed by atoms with Gasteiger partial charge >= 0.3 is 5.97 Å². The van der Waals surface area contributed by atoms with Gasteiger partial charge in [0, 0.05) is 12.6 Å². The summed E-state index contributed by atoms with van der Waals surface area (Å²) in [6.07, 6.45) is 2.46. The van der Waals surface area contributed by atoms with Crippen LogP contribution in [0.1, 0.15) is 28.5 Å². The lowest BCUT2D eigenvalue weighted by Gasteiger charge is -2.02. The molecule has 0 radical (unpaired) electrons. The predicted molar refractivity (Wildman–Crippen MR) is 70.4 cm³/mol. The van der Waals surface area contributed by atoms with Gasteiger partial charge in [-0.2, -0.15) is 0 Å². The summed E-state index contributed by atoms with van der Waals surface area (Å²) in [5.41, 5.74) is 8.81. The van der Waals surface area contributed by atoms with Gasteiger partial charge in [-0.1, -0.05) is 30.3 Å². The number of aromatic nitrogens is 1. The van der Waals surface area contributed by atoms with Gasteiger partial charge in [0.15, 0.2) is 0 Å². The summed E-state index contributed by atoms with van der Waals surface area (Å²) in [5, 5.41) is 0. The first-order chi connectivity index (χ1) is 8.72. The van der Waals surface area contributed by atoms with Crippen LogP contribution in [0.2, 0.25) is 0 Å². The number of carbonyl (C=O) groups is 1. The van der Waals surface area contributed by atoms with Crippen LogP contribution in [-0.2, 0) is 11.2 Å². The van der Waals surface area contributed by atoms with Gasteiger partial charge in [0.1, 0.15) is 5.69 Å². The number of aromatic amines is 1. The lowest BCUT2D eigenvalue weighted by molar-refractivity contribution is 0.0521. The van der Waals surface area contributed by atoms with Crippen molar-refractivity contribution in [3.8, 4) is 0 Å². The molecule has 0 bridgehead atoms. The number of nitrogen functional groups attached to an aromatic ring is 1. The van der Waals surface area contributed by atoms with Crippen LogP contribution >= 0.6 is 0 Å². The zero-order chi connectivity index (χ0) is 13.0. The van der Waals surface area contributed by atoms with Gasteiger partial charge in [-0.05, 0) is 18.1 Å². The molecule has 0 spiro atoms. The van der Waals surface area contributed by atoms with Crippen molar-refractivity contribution < 1.29 is 9.53 Å². The molecule has 0 unspecified atom stereocenters. The number of nitrogens with two attached hydrogens (primary N) is 1. The molecule has 0 saturated carbocycles. The van der Waals surface area contributed by atoms with Crippen LogP contribution in [0.15, 0.2) is 36.5 Å². The summed E-state index contributed by atoms with van der Waals surface area (Å²) in [6, 6.07) is 9.97. The number of rotatable bonds is 4. The highest BCUT2D eigenvalue weighted by Crippen LogP contribution is 2.20. The third-order valence-corrected chi connectivity index (χ3v) is 2.72. The van der Waals surface area contributed by atoms with Crippen molar-refractivity contribution in [2.45, 2.75) is 13.3 Å². The van der Waals surface area contributed by atoms with Crippen molar-refractivity contribution in [3.63, 3.8) is 0 Å². The molecule has 18 heavy (non-hydrogen) atoms. The Morgan fingerprint density at radius 3 is 2.72 bits per heavy atom. The van der Waals surface area contributed by atoms with E-state index in [9.17, 15) is 4.79 Å². The SMILES string of the molecule is CCOC(=O)c1[nH]cc(Cc2ccccc2)c1N. The Morgan fingerprint density at radius 2 is 2.06 bits per heavy atom. The number of hydrogen-bond acceptors (Lipinski definition) is 3. The number of carbonyl (C=O) groups excluding carboxylic acids is 1. The quantitative estimate of drug-likeness (QED) is 0.811. The molecule has 1 heterocycles. The van der Waals surface area contributed by atoms with Gasteiger partial charge in [-0.15, -0.1) is 0 Å². The average Bonchev–Trinajstić information content (AvgIpc) is 2.73. The molecule has 0 aliphatic heterocycles. The summed E-state index contributed by atoms with van der Waals surface area (Å²) in [7, 11) is 0. The highest BCUT2D eigenvalue weighted by Gasteiger charge is 2.16. The van der Waals surface area contributed by atoms with E-state index in [0.717, 1.165) is 11.1 Å². The van der Waals surface area contributed by atoms with E-state index in [-0.39, 0.29) is 0 Å². The monoisotopic (exact) mass is 244 g/mol. The molecule has 0 atom stereocenters. The van der Waals surface area contributed by atoms with Crippen molar-refractivity contribution in [1.82, 2.24) is 4.98 Å². The lowest BCUT2D eigenvalue weighted by atomic mass is 10.1. The number of ether oxygens (including phenoxy) is 1. The van der Waals surface area contributed by atoms with Crippen LogP contribution < -0.4 is 5.73 Å². The Morgan fingerprint density at radius 1 is 1.33 bits per heavy atom. The van der Waals surface area contributed by atoms with Crippen LogP contribution in [-0.4, -0.2) is 17.6 Å². The molecule has 4 heteroatoms. The molecule has 3 N–H and O–H groups in total. The Bertz CT molecular complexity index is 532. The fraction of sp³-hybridized carbons (Fsp3) is 0.214. The Hall–Kier alpha value is -2.23. The minimum atomic E-state index is -0.408. The molecule has 94 valence electrons. The molecule has 4 nitrogen and oxygen atoms in total. The fourth-order valence-corrected chi connectivity index (χ4v) is 1.81. The molecule has 1 aromatic heterocycles. The highest BCUT2D eigenvalue weighted by molar-refractivity contribution is 5.94. The number of nitrogens with one attached hydrogen (secondary N) is 1. The minimum Gasteiger partial charge on any atom is -0.461 e. The van der Waals surface area contributed by atoms with E-state index in [1.807, 2.05) is 30.3 Å². The predicted octanol–water partition coefficient (Wildman–Crippen LogP) is 2.36. The smallest absolute Gasteiger partial charge is 0.356 e. The molecule has 0 saturated heterocycles. The number of benzene rings is 1. The van der Waals surface area contributed by atoms with Gasteiger partial charge in [0.2, 0.25) is 0 Å². The first-order valence-corrected chi connectivity index (χ1v) is 5.89. The summed E-state index contributed by atoms with van der Waals surface area (Å²) in [4.78, 5) is 14.5. The second-order valence-corrected chi connectivity index (χ2v) is 3.99. The molecule has 0 fully saturated rings. The van der Waals surface area contributed by atoms with Gasteiger partial charge in [0.25, 0.3) is 0 Å². The Kier molecular flexibility index (Phi) is 3.67. The van der Waals surface area contributed by atoms with E-state index < -0.39 is 5.97 Å². The third-order valence-electron chi connectivity index (χ3n) is 2.72. The normalized spacial score (nSPS) is 10.3. The standard InChI is InChI=1S/C14H16N2O2/c1-2-18-14(17)13-12(15)11(9-16-13)8-10-6-4-3-5-7-10/h3-7,9,16H,2,8,15H2,1H3. The van der Waals surface area contributed by atoms with Gasteiger partial charge < -0.3 is 15.5 Å². The van der Waals surface area contributed by atoms with Crippen molar-refractivity contribution in [2.24, 2.45) is 0 Å². The van der Waals surface area contributed by atoms with E-state index in [0.29, 0.717) is 24.4 Å². The van der Waals surface area contributed by atoms with Crippen LogP contribution in [0.4, 0.5) is 5.69 Å². The topological polar surface area (TPSA) is 68.1 Å². The van der Waals surface area contributed by atoms with Crippen molar-refractivity contribution in [2.75, 3.05) is 12.3 Å². The van der Waals surface area contributed by atoms with Crippen molar-refractivity contribution >= 4 is 11.7 Å². The molecule has 0 amide bonds. The zero-order valence-corrected chi connectivity index (χ0v) is 10.3. The number of H-pyrrole nitrogens is 1. The fourth-order valence-electron chi connectivity index (χ4n) is 1.81. The number of esters is 1. The summed E-state index contributed by atoms with van der Waals surface area (Å²) < 4.78 is 4.92. The van der Waals surface area contributed by atoms with Gasteiger partial charge in [0.05, 0.1) is 12.3 Å². The summed E-state index contributed by atoms with van der Waals surface area (Å²) in [6.45, 7) is 2.10. The number of anilines is 1. The summed E-state index contributed by atoms with van der Waals surface area (Å²) >= 11 is 0. The average molecular weight is 244 g/mol. The first kappa shape index (κ1) is 12.2. The molecule has 1 aromatic carbocycles. The van der Waals surface area contributed by atoms with Crippen LogP contribution in [0.25, 0.3) is 0 Å². The van der Waals surface area contributed by atoms with Crippen molar-refractivity contribution in [1.29, 1.82) is 0 Å². The third kappa shape index (κ3) is 2.53. The molecular formula is C14H16N2O2. The zero-order valence-electron chi connectivity index (χ0n) is 10.3. The molecule has 0 aliphatic rings. The van der Waals surface area contributed by atoms with E-state index in [1.54, 1.807) is 13.1 Å². The van der Waals surface area contributed by atoms with Crippen LogP contribution in [0.5, 0.6) is 0 Å². The Labute approximate surface area is 106 Å².